The standard InChI is InChI=1S/C13H15NO2S/c1-2-16-10-6-3-5-9(13(10)15)12(14)11-7-4-8-17-11/h3-8,12,15H,2,14H2,1H3/t12-/m0/s1. The molecule has 17 heavy (non-hydrogen) atoms. The number of phenolic OH excluding ortho intramolecular Hbond substituents is 1. The van der Waals surface area contributed by atoms with E-state index in [1.807, 2.05) is 36.6 Å². The van der Waals surface area contributed by atoms with Crippen molar-refractivity contribution in [2.45, 2.75) is 13.0 Å². The fraction of sp³-hybridized carbons (Fsp3) is 0.231. The summed E-state index contributed by atoms with van der Waals surface area (Å²) in [6.07, 6.45) is 0. The Balaban J connectivity index is 2.35. The molecule has 0 amide bonds. The van der Waals surface area contributed by atoms with E-state index in [0.717, 1.165) is 4.88 Å². The number of nitrogens with two attached hydrogens (primary N) is 1. The summed E-state index contributed by atoms with van der Waals surface area (Å²) in [6, 6.07) is 9.00. The van der Waals surface area contributed by atoms with Crippen LogP contribution in [0, 0.1) is 0 Å². The van der Waals surface area contributed by atoms with E-state index in [-0.39, 0.29) is 11.8 Å². The summed E-state index contributed by atoms with van der Waals surface area (Å²) in [7, 11) is 0. The van der Waals surface area contributed by atoms with Gasteiger partial charge in [-0.25, -0.2) is 0 Å². The van der Waals surface area contributed by atoms with Crippen LogP contribution in [0.5, 0.6) is 11.5 Å². The molecule has 4 heteroatoms. The Bertz CT molecular complexity index is 482. The summed E-state index contributed by atoms with van der Waals surface area (Å²) in [5, 5.41) is 12.1. The minimum Gasteiger partial charge on any atom is -0.504 e. The lowest BCUT2D eigenvalue weighted by atomic mass is 10.0. The average molecular weight is 249 g/mol. The van der Waals surface area contributed by atoms with E-state index >= 15 is 0 Å². The molecule has 90 valence electrons. The lowest BCUT2D eigenvalue weighted by molar-refractivity contribution is 0.316. The van der Waals surface area contributed by atoms with Crippen LogP contribution in [-0.4, -0.2) is 11.7 Å². The highest BCUT2D eigenvalue weighted by Crippen LogP contribution is 2.36. The van der Waals surface area contributed by atoms with Crippen LogP contribution in [0.4, 0.5) is 0 Å². The van der Waals surface area contributed by atoms with Crippen molar-refractivity contribution in [3.8, 4) is 11.5 Å². The third-order valence-electron chi connectivity index (χ3n) is 2.51. The smallest absolute Gasteiger partial charge is 0.162 e. The van der Waals surface area contributed by atoms with Crippen LogP contribution >= 0.6 is 11.3 Å². The summed E-state index contributed by atoms with van der Waals surface area (Å²) in [6.45, 7) is 2.40. The fourth-order valence-electron chi connectivity index (χ4n) is 1.68. The maximum atomic E-state index is 10.1. The van der Waals surface area contributed by atoms with Crippen LogP contribution < -0.4 is 10.5 Å². The van der Waals surface area contributed by atoms with Crippen LogP contribution in [0.1, 0.15) is 23.4 Å². The van der Waals surface area contributed by atoms with Gasteiger partial charge in [-0.3, -0.25) is 0 Å². The van der Waals surface area contributed by atoms with Gasteiger partial charge >= 0.3 is 0 Å². The molecule has 0 bridgehead atoms. The van der Waals surface area contributed by atoms with Gasteiger partial charge in [-0.1, -0.05) is 18.2 Å². The minimum absolute atomic E-state index is 0.134. The summed E-state index contributed by atoms with van der Waals surface area (Å²) in [5.41, 5.74) is 6.81. The zero-order chi connectivity index (χ0) is 12.3. The first-order valence-corrected chi connectivity index (χ1v) is 6.35. The Kier molecular flexibility index (Phi) is 3.66. The molecule has 0 aliphatic carbocycles. The molecule has 0 aliphatic heterocycles. The van der Waals surface area contributed by atoms with Crippen molar-refractivity contribution in [3.63, 3.8) is 0 Å². The van der Waals surface area contributed by atoms with Crippen molar-refractivity contribution in [2.24, 2.45) is 5.73 Å². The number of benzene rings is 1. The molecule has 1 atom stereocenters. The molecule has 0 spiro atoms. The minimum atomic E-state index is -0.310. The van der Waals surface area contributed by atoms with E-state index in [2.05, 4.69) is 0 Å². The molecule has 0 saturated heterocycles. The van der Waals surface area contributed by atoms with E-state index in [0.29, 0.717) is 17.9 Å². The molecule has 1 aromatic carbocycles. The van der Waals surface area contributed by atoms with E-state index < -0.39 is 0 Å². The Hall–Kier alpha value is -1.52. The SMILES string of the molecule is CCOc1cccc([C@H](N)c2cccs2)c1O. The van der Waals surface area contributed by atoms with Gasteiger partial charge in [-0.05, 0) is 24.4 Å². The van der Waals surface area contributed by atoms with E-state index in [1.54, 1.807) is 17.4 Å². The van der Waals surface area contributed by atoms with Gasteiger partial charge in [0.05, 0.1) is 12.6 Å². The van der Waals surface area contributed by atoms with E-state index in [9.17, 15) is 5.11 Å². The highest BCUT2D eigenvalue weighted by Gasteiger charge is 2.16. The third kappa shape index (κ3) is 2.43. The Morgan fingerprint density at radius 2 is 2.18 bits per heavy atom. The number of phenols is 1. The summed E-state index contributed by atoms with van der Waals surface area (Å²) in [4.78, 5) is 1.02. The van der Waals surface area contributed by atoms with E-state index in [1.165, 1.54) is 0 Å². The van der Waals surface area contributed by atoms with Gasteiger partial charge in [0.15, 0.2) is 11.5 Å². The Morgan fingerprint density at radius 3 is 2.82 bits per heavy atom. The molecule has 0 radical (unpaired) electrons. The van der Waals surface area contributed by atoms with Gasteiger partial charge in [0.1, 0.15) is 0 Å². The lowest BCUT2D eigenvalue weighted by Gasteiger charge is -2.14. The first-order chi connectivity index (χ1) is 8.24. The quantitative estimate of drug-likeness (QED) is 0.876. The average Bonchev–Trinajstić information content (AvgIpc) is 2.85. The van der Waals surface area contributed by atoms with Crippen LogP contribution in [-0.2, 0) is 0 Å². The topological polar surface area (TPSA) is 55.5 Å². The monoisotopic (exact) mass is 249 g/mol. The van der Waals surface area contributed by atoms with Gasteiger partial charge in [0.2, 0.25) is 0 Å². The molecule has 0 saturated carbocycles. The number of rotatable bonds is 4. The summed E-state index contributed by atoms with van der Waals surface area (Å²) >= 11 is 1.58. The van der Waals surface area contributed by atoms with Gasteiger partial charge in [0.25, 0.3) is 0 Å². The normalized spacial score (nSPS) is 12.4. The van der Waals surface area contributed by atoms with Crippen molar-refractivity contribution in [1.29, 1.82) is 0 Å². The second-order valence-electron chi connectivity index (χ2n) is 3.62. The number of para-hydroxylation sites is 1. The van der Waals surface area contributed by atoms with Crippen molar-refractivity contribution in [2.75, 3.05) is 6.61 Å². The summed E-state index contributed by atoms with van der Waals surface area (Å²) < 4.78 is 5.34. The Morgan fingerprint density at radius 1 is 1.35 bits per heavy atom. The second kappa shape index (κ2) is 5.21. The second-order valence-corrected chi connectivity index (χ2v) is 4.60. The van der Waals surface area contributed by atoms with Gasteiger partial charge in [-0.15, -0.1) is 11.3 Å². The number of aromatic hydroxyl groups is 1. The van der Waals surface area contributed by atoms with E-state index in [4.69, 9.17) is 10.5 Å². The number of hydrogen-bond acceptors (Lipinski definition) is 4. The molecule has 0 fully saturated rings. The summed E-state index contributed by atoms with van der Waals surface area (Å²) in [5.74, 6) is 0.618. The highest BCUT2D eigenvalue weighted by atomic mass is 32.1. The van der Waals surface area contributed by atoms with Crippen LogP contribution in [0.3, 0.4) is 0 Å². The maximum absolute atomic E-state index is 10.1. The highest BCUT2D eigenvalue weighted by molar-refractivity contribution is 7.10. The van der Waals surface area contributed by atoms with Crippen LogP contribution in [0.2, 0.25) is 0 Å². The van der Waals surface area contributed by atoms with Gasteiger partial charge in [-0.2, -0.15) is 0 Å². The first-order valence-electron chi connectivity index (χ1n) is 5.47. The number of hydrogen-bond donors (Lipinski definition) is 2. The predicted molar refractivity (Wildman–Crippen MR) is 69.6 cm³/mol. The molecular formula is C13H15NO2S. The third-order valence-corrected chi connectivity index (χ3v) is 3.47. The van der Waals surface area contributed by atoms with Crippen molar-refractivity contribution >= 4 is 11.3 Å². The van der Waals surface area contributed by atoms with Crippen molar-refractivity contribution < 1.29 is 9.84 Å². The fourth-order valence-corrected chi connectivity index (χ4v) is 2.43. The first kappa shape index (κ1) is 12.0. The van der Waals surface area contributed by atoms with Crippen LogP contribution in [0.25, 0.3) is 0 Å². The zero-order valence-corrected chi connectivity index (χ0v) is 10.4. The van der Waals surface area contributed by atoms with Gasteiger partial charge in [0, 0.05) is 10.4 Å². The number of ether oxygens (including phenoxy) is 1. The predicted octanol–water partition coefficient (Wildman–Crippen LogP) is 2.90. The van der Waals surface area contributed by atoms with Crippen molar-refractivity contribution in [1.82, 2.24) is 0 Å². The number of thiophene rings is 1. The molecule has 1 aromatic heterocycles. The molecule has 0 aliphatic rings. The molecule has 2 rings (SSSR count). The molecule has 2 aromatic rings. The molecule has 0 unspecified atom stereocenters. The molecule has 3 nitrogen and oxygen atoms in total. The molecule has 3 N–H and O–H groups in total. The Labute approximate surface area is 104 Å². The van der Waals surface area contributed by atoms with Gasteiger partial charge < -0.3 is 15.6 Å². The van der Waals surface area contributed by atoms with Crippen molar-refractivity contribution in [3.05, 3.63) is 46.2 Å². The lowest BCUT2D eigenvalue weighted by Crippen LogP contribution is -2.10. The maximum Gasteiger partial charge on any atom is 0.162 e. The largest absolute Gasteiger partial charge is 0.504 e. The molecule has 1 heterocycles. The van der Waals surface area contributed by atoms with Crippen LogP contribution in [0.15, 0.2) is 35.7 Å². The molecular weight excluding hydrogens is 234 g/mol. The zero-order valence-electron chi connectivity index (χ0n) is 9.59.